The number of nitrogens with zero attached hydrogens (tertiary/aromatic N) is 6. The number of pyridine rings is 2. The second-order valence-corrected chi connectivity index (χ2v) is 8.82. The second kappa shape index (κ2) is 8.11. The monoisotopic (exact) mass is 428 g/mol. The highest BCUT2D eigenvalue weighted by atomic mass is 15.3. The minimum absolute atomic E-state index is 0.525. The lowest BCUT2D eigenvalue weighted by atomic mass is 10.0. The van der Waals surface area contributed by atoms with Crippen LogP contribution in [0.3, 0.4) is 0 Å². The minimum Gasteiger partial charge on any atom is -0.356 e. The van der Waals surface area contributed by atoms with Crippen molar-refractivity contribution in [2.24, 2.45) is 11.8 Å². The van der Waals surface area contributed by atoms with Crippen LogP contribution >= 0.6 is 0 Å². The molecule has 0 spiro atoms. The van der Waals surface area contributed by atoms with E-state index in [0.717, 1.165) is 53.1 Å². The van der Waals surface area contributed by atoms with Gasteiger partial charge in [-0.25, -0.2) is 9.97 Å². The first kappa shape index (κ1) is 20.2. The summed E-state index contributed by atoms with van der Waals surface area (Å²) in [5.74, 6) is 4.16. The second-order valence-electron chi connectivity index (χ2n) is 8.82. The predicted molar refractivity (Wildman–Crippen MR) is 128 cm³/mol. The summed E-state index contributed by atoms with van der Waals surface area (Å²) >= 11 is 0. The molecule has 1 aliphatic rings. The van der Waals surface area contributed by atoms with Crippen molar-refractivity contribution in [3.05, 3.63) is 60.2 Å². The van der Waals surface area contributed by atoms with Crippen LogP contribution in [0.2, 0.25) is 0 Å². The first-order valence-corrected chi connectivity index (χ1v) is 11.0. The molecule has 0 radical (unpaired) electrons. The number of nitrogens with one attached hydrogen (secondary N) is 2. The average molecular weight is 429 g/mol. The fraction of sp³-hybridized carbons (Fsp3) is 0.333. The van der Waals surface area contributed by atoms with Crippen LogP contribution in [0.1, 0.15) is 25.1 Å². The minimum atomic E-state index is 0.525. The molecule has 5 rings (SSSR count). The predicted octanol–water partition coefficient (Wildman–Crippen LogP) is 4.72. The van der Waals surface area contributed by atoms with Crippen molar-refractivity contribution >= 4 is 34.7 Å². The first-order valence-electron chi connectivity index (χ1n) is 11.0. The summed E-state index contributed by atoms with van der Waals surface area (Å²) in [5, 5.41) is 6.74. The van der Waals surface area contributed by atoms with E-state index < -0.39 is 0 Å². The molecule has 4 aromatic heterocycles. The molecule has 2 atom stereocenters. The maximum atomic E-state index is 4.83. The Labute approximate surface area is 187 Å². The van der Waals surface area contributed by atoms with Gasteiger partial charge >= 0.3 is 0 Å². The van der Waals surface area contributed by atoms with E-state index in [1.54, 1.807) is 6.20 Å². The molecule has 5 heterocycles. The molecule has 0 aromatic carbocycles. The van der Waals surface area contributed by atoms with Crippen molar-refractivity contribution in [3.63, 3.8) is 0 Å². The molecule has 4 aromatic rings. The Morgan fingerprint density at radius 2 is 1.66 bits per heavy atom. The number of fused-ring (bicyclic) bond motifs is 1. The summed E-state index contributed by atoms with van der Waals surface area (Å²) in [4.78, 5) is 20.9. The van der Waals surface area contributed by atoms with E-state index in [9.17, 15) is 0 Å². The Hall–Kier alpha value is -3.68. The summed E-state index contributed by atoms with van der Waals surface area (Å²) in [7, 11) is 0. The van der Waals surface area contributed by atoms with Gasteiger partial charge in [-0.15, -0.1) is 0 Å². The van der Waals surface area contributed by atoms with Crippen LogP contribution in [-0.2, 0) is 0 Å². The maximum Gasteiger partial charge on any atom is 0.232 e. The van der Waals surface area contributed by atoms with E-state index in [0.29, 0.717) is 17.8 Å². The number of rotatable bonds is 5. The van der Waals surface area contributed by atoms with Crippen LogP contribution in [0.25, 0.3) is 5.65 Å². The molecule has 0 saturated carbocycles. The molecule has 1 aliphatic heterocycles. The Kier molecular flexibility index (Phi) is 5.13. The molecule has 164 valence electrons. The van der Waals surface area contributed by atoms with E-state index in [1.807, 2.05) is 54.0 Å². The van der Waals surface area contributed by atoms with Gasteiger partial charge < -0.3 is 19.9 Å². The molecule has 0 aliphatic carbocycles. The number of hydrogen-bond acceptors (Lipinski definition) is 7. The van der Waals surface area contributed by atoms with E-state index in [4.69, 9.17) is 9.97 Å². The standard InChI is InChI=1S/C24H28N8/c1-15-9-18(4)26-20(10-15)28-24-29-21(12-23(30-24)32-13-16(2)17(3)14-32)27-19-5-7-31-8-6-25-22(31)11-19/h5-12,16-17H,13-14H2,1-4H3,(H2,26,27,28,29,30)/t16-,17-/m1/s1. The molecule has 2 N–H and O–H groups in total. The lowest BCUT2D eigenvalue weighted by molar-refractivity contribution is 0.494. The van der Waals surface area contributed by atoms with Gasteiger partial charge in [-0.3, -0.25) is 0 Å². The van der Waals surface area contributed by atoms with Crippen LogP contribution in [0, 0.1) is 25.7 Å². The Morgan fingerprint density at radius 3 is 2.44 bits per heavy atom. The van der Waals surface area contributed by atoms with Gasteiger partial charge in [0, 0.05) is 55.2 Å². The summed E-state index contributed by atoms with van der Waals surface area (Å²) in [6.45, 7) is 10.6. The van der Waals surface area contributed by atoms with Gasteiger partial charge in [0.2, 0.25) is 5.95 Å². The third-order valence-corrected chi connectivity index (χ3v) is 6.03. The molecule has 1 fully saturated rings. The zero-order valence-corrected chi connectivity index (χ0v) is 18.9. The van der Waals surface area contributed by atoms with Gasteiger partial charge in [-0.2, -0.15) is 9.97 Å². The van der Waals surface area contributed by atoms with Crippen molar-refractivity contribution in [3.8, 4) is 0 Å². The van der Waals surface area contributed by atoms with Crippen molar-refractivity contribution in [2.45, 2.75) is 27.7 Å². The largest absolute Gasteiger partial charge is 0.356 e. The molecular weight excluding hydrogens is 400 g/mol. The van der Waals surface area contributed by atoms with Gasteiger partial charge in [0.15, 0.2) is 0 Å². The van der Waals surface area contributed by atoms with Crippen molar-refractivity contribution in [1.29, 1.82) is 0 Å². The molecule has 0 unspecified atom stereocenters. The number of hydrogen-bond donors (Lipinski definition) is 2. The zero-order chi connectivity index (χ0) is 22.2. The smallest absolute Gasteiger partial charge is 0.232 e. The van der Waals surface area contributed by atoms with Crippen LogP contribution < -0.4 is 15.5 Å². The number of imidazole rings is 1. The summed E-state index contributed by atoms with van der Waals surface area (Å²) in [6, 6.07) is 10.1. The van der Waals surface area contributed by atoms with Crippen LogP contribution in [-0.4, -0.2) is 37.4 Å². The number of anilines is 5. The molecule has 0 bridgehead atoms. The Bertz CT molecular complexity index is 1230. The van der Waals surface area contributed by atoms with Gasteiger partial charge in [0.25, 0.3) is 0 Å². The highest BCUT2D eigenvalue weighted by molar-refractivity contribution is 5.66. The first-order chi connectivity index (χ1) is 15.4. The zero-order valence-electron chi connectivity index (χ0n) is 18.9. The van der Waals surface area contributed by atoms with Crippen LogP contribution in [0.15, 0.2) is 48.9 Å². The summed E-state index contributed by atoms with van der Waals surface area (Å²) in [6.07, 6.45) is 5.70. The maximum absolute atomic E-state index is 4.83. The van der Waals surface area contributed by atoms with Crippen molar-refractivity contribution < 1.29 is 0 Å². The van der Waals surface area contributed by atoms with Crippen LogP contribution in [0.4, 0.5) is 29.1 Å². The van der Waals surface area contributed by atoms with Gasteiger partial charge in [0.05, 0.1) is 0 Å². The molecular formula is C24H28N8. The third-order valence-electron chi connectivity index (χ3n) is 6.03. The fourth-order valence-corrected chi connectivity index (χ4v) is 4.19. The number of aromatic nitrogens is 5. The Morgan fingerprint density at radius 1 is 0.875 bits per heavy atom. The summed E-state index contributed by atoms with van der Waals surface area (Å²) in [5.41, 5.74) is 3.90. The SMILES string of the molecule is Cc1cc(C)nc(Nc2nc(Nc3ccn4ccnc4c3)cc(N3C[C@@H](C)[C@H](C)C3)n2)c1. The van der Waals surface area contributed by atoms with Gasteiger partial charge in [-0.1, -0.05) is 13.8 Å². The van der Waals surface area contributed by atoms with E-state index in [1.165, 1.54) is 0 Å². The van der Waals surface area contributed by atoms with E-state index in [-0.39, 0.29) is 0 Å². The van der Waals surface area contributed by atoms with E-state index in [2.05, 4.69) is 46.3 Å². The molecule has 0 amide bonds. The summed E-state index contributed by atoms with van der Waals surface area (Å²) < 4.78 is 1.97. The lowest BCUT2D eigenvalue weighted by Gasteiger charge is -2.19. The Balaban J connectivity index is 1.49. The van der Waals surface area contributed by atoms with Gasteiger partial charge in [-0.05, 0) is 49.4 Å². The fourth-order valence-electron chi connectivity index (χ4n) is 4.19. The molecule has 1 saturated heterocycles. The molecule has 8 nitrogen and oxygen atoms in total. The normalized spacial score (nSPS) is 18.3. The average Bonchev–Trinajstić information content (AvgIpc) is 3.33. The topological polar surface area (TPSA) is 83.3 Å². The third kappa shape index (κ3) is 4.21. The molecule has 32 heavy (non-hydrogen) atoms. The van der Waals surface area contributed by atoms with E-state index >= 15 is 0 Å². The van der Waals surface area contributed by atoms with Crippen molar-refractivity contribution in [1.82, 2.24) is 24.3 Å². The molecule has 8 heteroatoms. The highest BCUT2D eigenvalue weighted by Crippen LogP contribution is 2.30. The number of aryl methyl sites for hydroxylation is 2. The lowest BCUT2D eigenvalue weighted by Crippen LogP contribution is -2.21. The van der Waals surface area contributed by atoms with Crippen molar-refractivity contribution in [2.75, 3.05) is 28.6 Å². The van der Waals surface area contributed by atoms with Gasteiger partial charge in [0.1, 0.15) is 23.1 Å². The quantitative estimate of drug-likeness (QED) is 0.476. The highest BCUT2D eigenvalue weighted by Gasteiger charge is 2.27. The van der Waals surface area contributed by atoms with Crippen LogP contribution in [0.5, 0.6) is 0 Å².